The lowest BCUT2D eigenvalue weighted by molar-refractivity contribution is -0.160. The first-order valence-electron chi connectivity index (χ1n) is 8.72. The molecular formula is C21H19ClO4. The third kappa shape index (κ3) is 2.83. The summed E-state index contributed by atoms with van der Waals surface area (Å²) in [5.74, 6) is -1.45. The first-order valence-corrected chi connectivity index (χ1v) is 9.09. The molecule has 4 rings (SSSR count). The Morgan fingerprint density at radius 2 is 1.65 bits per heavy atom. The maximum absolute atomic E-state index is 13.1. The van der Waals surface area contributed by atoms with Crippen LogP contribution < -0.4 is 0 Å². The third-order valence-corrected chi connectivity index (χ3v) is 5.56. The van der Waals surface area contributed by atoms with Gasteiger partial charge >= 0.3 is 5.97 Å². The lowest BCUT2D eigenvalue weighted by Gasteiger charge is -2.29. The summed E-state index contributed by atoms with van der Waals surface area (Å²) in [5.41, 5.74) is 2.53. The van der Waals surface area contributed by atoms with Gasteiger partial charge < -0.3 is 9.47 Å². The van der Waals surface area contributed by atoms with Gasteiger partial charge in [-0.1, -0.05) is 35.9 Å². The number of benzene rings is 2. The van der Waals surface area contributed by atoms with E-state index in [0.29, 0.717) is 31.1 Å². The SMILES string of the molecule is Cc1ccc(-c2ccc(Cl)cc2)cc1C1C(=O)OC2(CCOCC2)C1=O. The lowest BCUT2D eigenvalue weighted by Crippen LogP contribution is -2.42. The molecule has 2 aliphatic heterocycles. The second-order valence-corrected chi connectivity index (χ2v) is 7.34. The fourth-order valence-electron chi connectivity index (χ4n) is 3.76. The van der Waals surface area contributed by atoms with Gasteiger partial charge in [-0.2, -0.15) is 0 Å². The standard InChI is InChI=1S/C21H19ClO4/c1-13-2-3-15(14-4-6-16(22)7-5-14)12-17(13)18-19(23)21(26-20(18)24)8-10-25-11-9-21/h2-7,12,18H,8-11H2,1H3. The molecule has 26 heavy (non-hydrogen) atoms. The van der Waals surface area contributed by atoms with Gasteiger partial charge in [0.1, 0.15) is 5.92 Å². The zero-order chi connectivity index (χ0) is 18.3. The number of ether oxygens (including phenoxy) is 2. The van der Waals surface area contributed by atoms with Crippen LogP contribution in [0.15, 0.2) is 42.5 Å². The molecule has 5 heteroatoms. The Morgan fingerprint density at radius 1 is 1.00 bits per heavy atom. The molecule has 2 aromatic rings. The van der Waals surface area contributed by atoms with Gasteiger partial charge in [-0.05, 0) is 47.4 Å². The highest BCUT2D eigenvalue weighted by molar-refractivity contribution is 6.30. The predicted octanol–water partition coefficient (Wildman–Crippen LogP) is 4.07. The lowest BCUT2D eigenvalue weighted by atomic mass is 9.81. The summed E-state index contributed by atoms with van der Waals surface area (Å²) in [6.45, 7) is 2.79. The molecule has 2 saturated heterocycles. The maximum Gasteiger partial charge on any atom is 0.322 e. The molecule has 2 fully saturated rings. The van der Waals surface area contributed by atoms with Crippen LogP contribution in [0.25, 0.3) is 11.1 Å². The van der Waals surface area contributed by atoms with Crippen molar-refractivity contribution in [2.24, 2.45) is 0 Å². The first kappa shape index (κ1) is 17.3. The number of hydrogen-bond donors (Lipinski definition) is 0. The van der Waals surface area contributed by atoms with E-state index in [1.54, 1.807) is 0 Å². The number of Topliss-reactive ketones (excluding diaryl/α,β-unsaturated/α-hetero) is 1. The maximum atomic E-state index is 13.1. The van der Waals surface area contributed by atoms with Crippen LogP contribution in [0.4, 0.5) is 0 Å². The molecule has 0 radical (unpaired) electrons. The highest BCUT2D eigenvalue weighted by atomic mass is 35.5. The van der Waals surface area contributed by atoms with Gasteiger partial charge in [-0.25, -0.2) is 0 Å². The van der Waals surface area contributed by atoms with Crippen molar-refractivity contribution in [2.75, 3.05) is 13.2 Å². The van der Waals surface area contributed by atoms with Crippen LogP contribution in [0.1, 0.15) is 29.9 Å². The average Bonchev–Trinajstić information content (AvgIpc) is 2.87. The normalized spacial score (nSPS) is 21.8. The minimum absolute atomic E-state index is 0.137. The van der Waals surface area contributed by atoms with Crippen LogP contribution in [-0.2, 0) is 19.1 Å². The molecule has 1 spiro atoms. The second-order valence-electron chi connectivity index (χ2n) is 6.90. The minimum atomic E-state index is -1.01. The van der Waals surface area contributed by atoms with Crippen molar-refractivity contribution in [3.8, 4) is 11.1 Å². The number of carbonyl (C=O) groups is 2. The van der Waals surface area contributed by atoms with Gasteiger partial charge in [0, 0.05) is 17.9 Å². The van der Waals surface area contributed by atoms with E-state index >= 15 is 0 Å². The zero-order valence-electron chi connectivity index (χ0n) is 14.5. The van der Waals surface area contributed by atoms with E-state index in [1.807, 2.05) is 49.4 Å². The molecule has 0 aromatic heterocycles. The molecule has 4 nitrogen and oxygen atoms in total. The molecule has 1 atom stereocenters. The van der Waals surface area contributed by atoms with Crippen molar-refractivity contribution in [3.63, 3.8) is 0 Å². The molecule has 2 aliphatic rings. The van der Waals surface area contributed by atoms with Crippen LogP contribution in [0.5, 0.6) is 0 Å². The van der Waals surface area contributed by atoms with E-state index in [0.717, 1.165) is 22.3 Å². The van der Waals surface area contributed by atoms with Crippen LogP contribution in [0.2, 0.25) is 5.02 Å². The van der Waals surface area contributed by atoms with E-state index in [9.17, 15) is 9.59 Å². The summed E-state index contributed by atoms with van der Waals surface area (Å²) in [5, 5.41) is 0.664. The van der Waals surface area contributed by atoms with Gasteiger partial charge in [-0.3, -0.25) is 9.59 Å². The molecule has 0 aliphatic carbocycles. The zero-order valence-corrected chi connectivity index (χ0v) is 15.2. The number of rotatable bonds is 2. The van der Waals surface area contributed by atoms with Gasteiger partial charge in [0.25, 0.3) is 0 Å². The van der Waals surface area contributed by atoms with Crippen LogP contribution in [-0.4, -0.2) is 30.6 Å². The number of carbonyl (C=O) groups excluding carboxylic acids is 2. The molecule has 1 unspecified atom stereocenters. The third-order valence-electron chi connectivity index (χ3n) is 5.31. The fourth-order valence-corrected chi connectivity index (χ4v) is 3.89. The van der Waals surface area contributed by atoms with E-state index in [-0.39, 0.29) is 5.78 Å². The van der Waals surface area contributed by atoms with E-state index < -0.39 is 17.5 Å². The smallest absolute Gasteiger partial charge is 0.322 e. The summed E-state index contributed by atoms with van der Waals surface area (Å²) in [4.78, 5) is 25.7. The topological polar surface area (TPSA) is 52.6 Å². The van der Waals surface area contributed by atoms with Crippen LogP contribution in [0.3, 0.4) is 0 Å². The van der Waals surface area contributed by atoms with Gasteiger partial charge in [-0.15, -0.1) is 0 Å². The summed E-state index contributed by atoms with van der Waals surface area (Å²) in [6, 6.07) is 13.3. The molecule has 0 N–H and O–H groups in total. The van der Waals surface area contributed by atoms with E-state index in [4.69, 9.17) is 21.1 Å². The molecule has 2 heterocycles. The summed E-state index contributed by atoms with van der Waals surface area (Å²) in [6.07, 6.45) is 0.869. The molecule has 0 bridgehead atoms. The largest absolute Gasteiger partial charge is 0.450 e. The first-order chi connectivity index (χ1) is 12.5. The summed E-state index contributed by atoms with van der Waals surface area (Å²) >= 11 is 5.96. The van der Waals surface area contributed by atoms with Crippen molar-refractivity contribution in [1.82, 2.24) is 0 Å². The number of ketones is 1. The van der Waals surface area contributed by atoms with Crippen LogP contribution >= 0.6 is 11.6 Å². The van der Waals surface area contributed by atoms with Crippen molar-refractivity contribution in [1.29, 1.82) is 0 Å². The van der Waals surface area contributed by atoms with Crippen molar-refractivity contribution >= 4 is 23.4 Å². The Kier molecular flexibility index (Phi) is 4.33. The van der Waals surface area contributed by atoms with Gasteiger partial charge in [0.15, 0.2) is 11.4 Å². The number of halogens is 1. The summed E-state index contributed by atoms with van der Waals surface area (Å²) in [7, 11) is 0. The highest BCUT2D eigenvalue weighted by Gasteiger charge is 2.56. The molecule has 0 amide bonds. The number of hydrogen-bond acceptors (Lipinski definition) is 4. The van der Waals surface area contributed by atoms with Crippen molar-refractivity contribution < 1.29 is 19.1 Å². The molecule has 134 valence electrons. The van der Waals surface area contributed by atoms with Gasteiger partial charge in [0.05, 0.1) is 13.2 Å². The Labute approximate surface area is 157 Å². The quantitative estimate of drug-likeness (QED) is 0.590. The van der Waals surface area contributed by atoms with E-state index in [1.165, 1.54) is 0 Å². The van der Waals surface area contributed by atoms with Crippen LogP contribution in [0, 0.1) is 6.92 Å². The Morgan fingerprint density at radius 3 is 2.35 bits per heavy atom. The Hall–Kier alpha value is -2.17. The highest BCUT2D eigenvalue weighted by Crippen LogP contribution is 2.42. The van der Waals surface area contributed by atoms with Crippen molar-refractivity contribution in [3.05, 3.63) is 58.6 Å². The summed E-state index contributed by atoms with van der Waals surface area (Å²) < 4.78 is 10.9. The fraction of sp³-hybridized carbons (Fsp3) is 0.333. The van der Waals surface area contributed by atoms with Gasteiger partial charge in [0.2, 0.25) is 0 Å². The monoisotopic (exact) mass is 370 g/mol. The molecule has 2 aromatic carbocycles. The van der Waals surface area contributed by atoms with E-state index in [2.05, 4.69) is 0 Å². The number of aryl methyl sites for hydroxylation is 1. The Balaban J connectivity index is 1.73. The minimum Gasteiger partial charge on any atom is -0.450 e. The average molecular weight is 371 g/mol. The number of esters is 1. The molecule has 0 saturated carbocycles. The Bertz CT molecular complexity index is 866. The van der Waals surface area contributed by atoms with Crippen molar-refractivity contribution in [2.45, 2.75) is 31.3 Å². The second kappa shape index (κ2) is 6.53. The molecular weight excluding hydrogens is 352 g/mol. The predicted molar refractivity (Wildman–Crippen MR) is 98.2 cm³/mol.